The molecule has 0 fully saturated rings. The van der Waals surface area contributed by atoms with Crippen molar-refractivity contribution in [1.82, 2.24) is 0 Å². The van der Waals surface area contributed by atoms with Gasteiger partial charge in [-0.05, 0) is 25.4 Å². The fraction of sp³-hybridized carbons (Fsp3) is 1.00. The Kier molecular flexibility index (Phi) is 6.71. The summed E-state index contributed by atoms with van der Waals surface area (Å²) in [4.78, 5) is 0. The van der Waals surface area contributed by atoms with Crippen molar-refractivity contribution in [3.63, 3.8) is 0 Å². The van der Waals surface area contributed by atoms with Crippen molar-refractivity contribution in [1.29, 1.82) is 0 Å². The van der Waals surface area contributed by atoms with Gasteiger partial charge in [0.1, 0.15) is 0 Å². The predicted molar refractivity (Wildman–Crippen MR) is 54.6 cm³/mol. The molecule has 12 heavy (non-hydrogen) atoms. The van der Waals surface area contributed by atoms with Gasteiger partial charge in [-0.25, -0.2) is 0 Å². The van der Waals surface area contributed by atoms with Gasteiger partial charge in [-0.1, -0.05) is 20.8 Å². The van der Waals surface area contributed by atoms with E-state index in [1.165, 1.54) is 0 Å². The van der Waals surface area contributed by atoms with Crippen molar-refractivity contribution in [3.8, 4) is 0 Å². The quantitative estimate of drug-likeness (QED) is 0.575. The molecule has 0 N–H and O–H groups in total. The summed E-state index contributed by atoms with van der Waals surface area (Å²) in [6.07, 6.45) is 2.16. The Morgan fingerprint density at radius 2 is 1.33 bits per heavy atom. The van der Waals surface area contributed by atoms with Crippen LogP contribution in [0.15, 0.2) is 0 Å². The zero-order valence-corrected chi connectivity index (χ0v) is 9.85. The maximum absolute atomic E-state index is 5.75. The average Bonchev–Trinajstić information content (AvgIpc) is 2.11. The molecule has 0 saturated heterocycles. The van der Waals surface area contributed by atoms with E-state index in [1.807, 2.05) is 0 Å². The van der Waals surface area contributed by atoms with Gasteiger partial charge in [-0.15, -0.1) is 0 Å². The van der Waals surface area contributed by atoms with E-state index in [-0.39, 0.29) is 0 Å². The largest absolute Gasteiger partial charge is 0.394 e. The highest BCUT2D eigenvalue weighted by molar-refractivity contribution is 6.65. The third kappa shape index (κ3) is 4.90. The molecule has 0 aromatic heterocycles. The van der Waals surface area contributed by atoms with Gasteiger partial charge in [0.05, 0.1) is 0 Å². The van der Waals surface area contributed by atoms with Gasteiger partial charge in [0.2, 0.25) is 0 Å². The molecule has 0 aromatic rings. The van der Waals surface area contributed by atoms with Crippen LogP contribution in [0.2, 0.25) is 12.6 Å². The highest BCUT2D eigenvalue weighted by Gasteiger charge is 2.28. The fourth-order valence-electron chi connectivity index (χ4n) is 0.882. The summed E-state index contributed by atoms with van der Waals surface area (Å²) in [6.45, 7) is 10.3. The minimum absolute atomic E-state index is 0.847. The number of rotatable bonds is 7. The monoisotopic (exact) mass is 190 g/mol. The van der Waals surface area contributed by atoms with E-state index in [2.05, 4.69) is 27.3 Å². The van der Waals surface area contributed by atoms with Gasteiger partial charge in [0, 0.05) is 13.2 Å². The molecule has 0 aromatic carbocycles. The second kappa shape index (κ2) is 6.63. The smallest absolute Gasteiger partial charge is 0.334 e. The molecule has 0 rings (SSSR count). The van der Waals surface area contributed by atoms with Crippen LogP contribution in [-0.2, 0) is 8.85 Å². The van der Waals surface area contributed by atoms with E-state index in [0.717, 1.165) is 32.1 Å². The Hall–Kier alpha value is 0.137. The zero-order valence-electron chi connectivity index (χ0n) is 8.85. The second-order valence-corrected chi connectivity index (χ2v) is 6.74. The van der Waals surface area contributed by atoms with Crippen LogP contribution in [0, 0.1) is 0 Å². The van der Waals surface area contributed by atoms with Gasteiger partial charge in [-0.3, -0.25) is 0 Å². The lowest BCUT2D eigenvalue weighted by Crippen LogP contribution is -2.38. The number of hydrogen-bond acceptors (Lipinski definition) is 2. The molecule has 0 aliphatic heterocycles. The first-order valence-electron chi connectivity index (χ1n) is 4.96. The lowest BCUT2D eigenvalue weighted by Gasteiger charge is -2.25. The molecule has 0 aliphatic rings. The number of hydrogen-bond donors (Lipinski definition) is 0. The standard InChI is InChI=1S/C9H22O2Si/c1-5-8-10-12(4,7-3)11-9-6-2/h5-9H2,1-4H3. The molecule has 0 saturated carbocycles. The summed E-state index contributed by atoms with van der Waals surface area (Å²) < 4.78 is 11.5. The van der Waals surface area contributed by atoms with Gasteiger partial charge < -0.3 is 8.85 Å². The third-order valence-corrected chi connectivity index (χ3v) is 4.78. The Morgan fingerprint density at radius 3 is 1.58 bits per heavy atom. The molecule has 0 spiro atoms. The fourth-order valence-corrected chi connectivity index (χ4v) is 2.65. The van der Waals surface area contributed by atoms with Crippen LogP contribution in [0.1, 0.15) is 33.6 Å². The van der Waals surface area contributed by atoms with Crippen LogP contribution in [0.5, 0.6) is 0 Å². The molecule has 0 aliphatic carbocycles. The van der Waals surface area contributed by atoms with E-state index in [9.17, 15) is 0 Å². The van der Waals surface area contributed by atoms with Gasteiger partial charge in [0.15, 0.2) is 0 Å². The summed E-state index contributed by atoms with van der Waals surface area (Å²) >= 11 is 0. The summed E-state index contributed by atoms with van der Waals surface area (Å²) in [6, 6.07) is 1.05. The van der Waals surface area contributed by atoms with E-state index >= 15 is 0 Å². The van der Waals surface area contributed by atoms with Gasteiger partial charge >= 0.3 is 8.56 Å². The maximum Gasteiger partial charge on any atom is 0.334 e. The third-order valence-electron chi connectivity index (χ3n) is 1.87. The van der Waals surface area contributed by atoms with Crippen molar-refractivity contribution < 1.29 is 8.85 Å². The molecule has 2 nitrogen and oxygen atoms in total. The minimum Gasteiger partial charge on any atom is -0.394 e. The van der Waals surface area contributed by atoms with Crippen LogP contribution in [0.3, 0.4) is 0 Å². The van der Waals surface area contributed by atoms with Crippen LogP contribution in [0.25, 0.3) is 0 Å². The maximum atomic E-state index is 5.75. The van der Waals surface area contributed by atoms with E-state index < -0.39 is 8.56 Å². The molecule has 0 unspecified atom stereocenters. The summed E-state index contributed by atoms with van der Waals surface area (Å²) in [5, 5.41) is 0. The predicted octanol–water partition coefficient (Wildman–Crippen LogP) is 2.93. The molecule has 0 atom stereocenters. The highest BCUT2D eigenvalue weighted by atomic mass is 28.4. The van der Waals surface area contributed by atoms with Crippen LogP contribution in [0.4, 0.5) is 0 Å². The Bertz CT molecular complexity index is 98.7. The van der Waals surface area contributed by atoms with Crippen LogP contribution >= 0.6 is 0 Å². The molecule has 0 amide bonds. The molecule has 3 heteroatoms. The van der Waals surface area contributed by atoms with Crippen molar-refractivity contribution in [2.75, 3.05) is 13.2 Å². The summed E-state index contributed by atoms with van der Waals surface area (Å²) in [5.74, 6) is 0. The molecule has 0 bridgehead atoms. The van der Waals surface area contributed by atoms with Crippen molar-refractivity contribution in [2.24, 2.45) is 0 Å². The van der Waals surface area contributed by atoms with Crippen molar-refractivity contribution in [2.45, 2.75) is 46.2 Å². The Labute approximate surface area is 77.5 Å². The van der Waals surface area contributed by atoms with Crippen LogP contribution in [-0.4, -0.2) is 21.8 Å². The summed E-state index contributed by atoms with van der Waals surface area (Å²) in [5.41, 5.74) is 0. The second-order valence-electron chi connectivity index (χ2n) is 3.18. The van der Waals surface area contributed by atoms with Crippen molar-refractivity contribution >= 4 is 8.56 Å². The average molecular weight is 190 g/mol. The normalized spacial score (nSPS) is 12.0. The summed E-state index contributed by atoms with van der Waals surface area (Å²) in [7, 11) is -1.77. The first-order chi connectivity index (χ1) is 5.68. The topological polar surface area (TPSA) is 18.5 Å². The van der Waals surface area contributed by atoms with E-state index in [4.69, 9.17) is 8.85 Å². The zero-order chi connectivity index (χ0) is 9.45. The molecule has 0 heterocycles. The first kappa shape index (κ1) is 12.1. The van der Waals surface area contributed by atoms with E-state index in [1.54, 1.807) is 0 Å². The van der Waals surface area contributed by atoms with Crippen molar-refractivity contribution in [3.05, 3.63) is 0 Å². The lowest BCUT2D eigenvalue weighted by atomic mass is 10.5. The minimum atomic E-state index is -1.77. The molecule has 74 valence electrons. The van der Waals surface area contributed by atoms with Gasteiger partial charge in [0.25, 0.3) is 0 Å². The molecular weight excluding hydrogens is 168 g/mol. The Balaban J connectivity index is 3.70. The lowest BCUT2D eigenvalue weighted by molar-refractivity contribution is 0.174. The van der Waals surface area contributed by atoms with Gasteiger partial charge in [-0.2, -0.15) is 0 Å². The van der Waals surface area contributed by atoms with Crippen LogP contribution < -0.4 is 0 Å². The Morgan fingerprint density at radius 1 is 0.917 bits per heavy atom. The molecular formula is C9H22O2Si. The van der Waals surface area contributed by atoms with E-state index in [0.29, 0.717) is 0 Å². The SMILES string of the molecule is CCCO[Si](C)(CC)OCCC. The highest BCUT2D eigenvalue weighted by Crippen LogP contribution is 2.13. The first-order valence-corrected chi connectivity index (χ1v) is 7.48. The molecule has 0 radical (unpaired) electrons.